The Morgan fingerprint density at radius 2 is 0.674 bits per heavy atom. The molecular formula is C44H80O2. The summed E-state index contributed by atoms with van der Waals surface area (Å²) in [5, 5.41) is 0. The maximum absolute atomic E-state index is 6.35. The van der Waals surface area contributed by atoms with Crippen molar-refractivity contribution in [3.63, 3.8) is 0 Å². The molecule has 0 aromatic rings. The minimum Gasteiger partial charge on any atom is -0.378 e. The van der Waals surface area contributed by atoms with E-state index >= 15 is 0 Å². The van der Waals surface area contributed by atoms with Gasteiger partial charge in [-0.25, -0.2) is 0 Å². The summed E-state index contributed by atoms with van der Waals surface area (Å²) in [4.78, 5) is 0. The Bertz CT molecular complexity index is 700. The number of unbranched alkanes of at least 4 members (excludes halogenated alkanes) is 12. The van der Waals surface area contributed by atoms with E-state index in [0.29, 0.717) is 12.2 Å². The molecule has 0 amide bonds. The van der Waals surface area contributed by atoms with Crippen LogP contribution in [0.5, 0.6) is 0 Å². The highest BCUT2D eigenvalue weighted by molar-refractivity contribution is 5.07. The second kappa shape index (κ2) is 19.9. The first-order valence-corrected chi connectivity index (χ1v) is 21.9. The third-order valence-electron chi connectivity index (χ3n) is 14.7. The lowest BCUT2D eigenvalue weighted by Crippen LogP contribution is -2.50. The average Bonchev–Trinajstić information content (AvgIpc) is 3.08. The first-order valence-electron chi connectivity index (χ1n) is 21.9. The Morgan fingerprint density at radius 3 is 1.02 bits per heavy atom. The predicted octanol–water partition coefficient (Wildman–Crippen LogP) is 13.8. The average molecular weight is 641 g/mol. The molecular weight excluding hydrogens is 560 g/mol. The molecule has 5 rings (SSSR count). The summed E-state index contributed by atoms with van der Waals surface area (Å²) in [6, 6.07) is 0. The molecule has 0 saturated heterocycles. The van der Waals surface area contributed by atoms with Crippen molar-refractivity contribution in [1.82, 2.24) is 0 Å². The fourth-order valence-corrected chi connectivity index (χ4v) is 11.8. The second-order valence-electron chi connectivity index (χ2n) is 18.1. The van der Waals surface area contributed by atoms with Crippen molar-refractivity contribution in [1.29, 1.82) is 0 Å². The van der Waals surface area contributed by atoms with Crippen LogP contribution in [0.3, 0.4) is 0 Å². The summed E-state index contributed by atoms with van der Waals surface area (Å²) in [7, 11) is 0. The molecule has 5 aliphatic carbocycles. The fourth-order valence-electron chi connectivity index (χ4n) is 11.8. The van der Waals surface area contributed by atoms with E-state index in [4.69, 9.17) is 9.47 Å². The van der Waals surface area contributed by atoms with Gasteiger partial charge in [0.15, 0.2) is 0 Å². The topological polar surface area (TPSA) is 18.5 Å². The first kappa shape index (κ1) is 37.2. The van der Waals surface area contributed by atoms with E-state index in [-0.39, 0.29) is 0 Å². The van der Waals surface area contributed by atoms with Crippen molar-refractivity contribution >= 4 is 0 Å². The van der Waals surface area contributed by atoms with Gasteiger partial charge in [0.05, 0.1) is 12.2 Å². The number of hydrogen-bond donors (Lipinski definition) is 0. The maximum atomic E-state index is 6.35. The highest BCUT2D eigenvalue weighted by atomic mass is 16.5. The van der Waals surface area contributed by atoms with E-state index in [2.05, 4.69) is 13.8 Å². The summed E-state index contributed by atoms with van der Waals surface area (Å²) in [5.41, 5.74) is 1.54. The Kier molecular flexibility index (Phi) is 16.1. The maximum Gasteiger partial charge on any atom is 0.0575 e. The van der Waals surface area contributed by atoms with Crippen LogP contribution in [0, 0.1) is 34.5 Å². The van der Waals surface area contributed by atoms with Crippen LogP contribution in [0.2, 0.25) is 0 Å². The van der Waals surface area contributed by atoms with Crippen LogP contribution in [0.15, 0.2) is 0 Å². The molecule has 0 bridgehead atoms. The van der Waals surface area contributed by atoms with Crippen molar-refractivity contribution in [3.8, 4) is 0 Å². The lowest BCUT2D eigenvalue weighted by molar-refractivity contribution is -0.111. The van der Waals surface area contributed by atoms with Crippen LogP contribution in [0.1, 0.15) is 219 Å². The highest BCUT2D eigenvalue weighted by Crippen LogP contribution is 2.67. The molecule has 5 fully saturated rings. The SMILES string of the molecule is CCCCCCCCCO[C@H]1CC[C@H](C2CCC3(CC2)CC2(CCC([C@H]4CC[C@H](OCCCCCCCCC)CC4)CC2)C3)CC1. The van der Waals surface area contributed by atoms with Crippen LogP contribution in [0.4, 0.5) is 0 Å². The van der Waals surface area contributed by atoms with E-state index < -0.39 is 0 Å². The van der Waals surface area contributed by atoms with Gasteiger partial charge in [0, 0.05) is 13.2 Å². The Morgan fingerprint density at radius 1 is 0.370 bits per heavy atom. The number of rotatable bonds is 20. The van der Waals surface area contributed by atoms with E-state index in [0.717, 1.165) is 47.7 Å². The third kappa shape index (κ3) is 11.5. The summed E-state index contributed by atoms with van der Waals surface area (Å²) < 4.78 is 12.7. The van der Waals surface area contributed by atoms with Crippen LogP contribution in [-0.2, 0) is 9.47 Å². The molecule has 0 unspecified atom stereocenters. The van der Waals surface area contributed by atoms with Gasteiger partial charge >= 0.3 is 0 Å². The first-order chi connectivity index (χ1) is 22.6. The van der Waals surface area contributed by atoms with Gasteiger partial charge < -0.3 is 9.47 Å². The molecule has 0 aromatic heterocycles. The molecule has 0 atom stereocenters. The lowest BCUT2D eigenvalue weighted by Gasteiger charge is -2.62. The molecule has 268 valence electrons. The molecule has 0 radical (unpaired) electrons. The smallest absolute Gasteiger partial charge is 0.0575 e. The Hall–Kier alpha value is -0.0800. The molecule has 46 heavy (non-hydrogen) atoms. The van der Waals surface area contributed by atoms with E-state index in [9.17, 15) is 0 Å². The second-order valence-corrected chi connectivity index (χ2v) is 18.1. The monoisotopic (exact) mass is 641 g/mol. The molecule has 5 saturated carbocycles. The molecule has 0 aromatic carbocycles. The molecule has 0 heterocycles. The van der Waals surface area contributed by atoms with Gasteiger partial charge in [0.25, 0.3) is 0 Å². The number of hydrogen-bond acceptors (Lipinski definition) is 2. The van der Waals surface area contributed by atoms with Crippen molar-refractivity contribution in [2.24, 2.45) is 34.5 Å². The highest BCUT2D eigenvalue weighted by Gasteiger charge is 2.56. The number of ether oxygens (including phenoxy) is 2. The fraction of sp³-hybridized carbons (Fsp3) is 1.00. The van der Waals surface area contributed by atoms with E-state index in [1.54, 1.807) is 64.2 Å². The van der Waals surface area contributed by atoms with Gasteiger partial charge in [0.2, 0.25) is 0 Å². The standard InChI is InChI=1S/C44H80O2/c1-3-5-7-9-11-13-15-33-45-41-21-17-37(18-22-41)39-25-29-43(30-26-39)35-44(36-43)31-27-40(28-32-44)38-19-23-42(24-20-38)46-34-16-14-12-10-8-6-4-2/h37-42H,3-36H2,1-2H3/t37-,38-,39?,40?,41-,42-,43?,44?. The van der Waals surface area contributed by atoms with Gasteiger partial charge in [-0.3, -0.25) is 0 Å². The quantitative estimate of drug-likeness (QED) is 0.123. The zero-order valence-corrected chi connectivity index (χ0v) is 31.3. The van der Waals surface area contributed by atoms with Crippen LogP contribution >= 0.6 is 0 Å². The molecule has 2 heteroatoms. The largest absolute Gasteiger partial charge is 0.378 e. The lowest BCUT2D eigenvalue weighted by atomic mass is 9.43. The molecule has 2 nitrogen and oxygen atoms in total. The molecule has 0 aliphatic heterocycles. The van der Waals surface area contributed by atoms with E-state index in [1.165, 1.54) is 141 Å². The van der Waals surface area contributed by atoms with Crippen molar-refractivity contribution in [3.05, 3.63) is 0 Å². The molecule has 5 aliphatic rings. The zero-order valence-electron chi connectivity index (χ0n) is 31.3. The van der Waals surface area contributed by atoms with Crippen molar-refractivity contribution < 1.29 is 9.47 Å². The van der Waals surface area contributed by atoms with Crippen molar-refractivity contribution in [2.75, 3.05) is 13.2 Å². The summed E-state index contributed by atoms with van der Waals surface area (Å²) >= 11 is 0. The van der Waals surface area contributed by atoms with Crippen molar-refractivity contribution in [2.45, 2.75) is 232 Å². The van der Waals surface area contributed by atoms with Crippen LogP contribution in [-0.4, -0.2) is 25.4 Å². The van der Waals surface area contributed by atoms with E-state index in [1.807, 2.05) is 0 Å². The van der Waals surface area contributed by atoms with Gasteiger partial charge in [-0.05, 0) is 163 Å². The molecule has 0 N–H and O–H groups in total. The minimum atomic E-state index is 0.580. The summed E-state index contributed by atoms with van der Waals surface area (Å²) in [5.74, 6) is 4.11. The molecule has 2 spiro atoms. The van der Waals surface area contributed by atoms with Crippen LogP contribution in [0.25, 0.3) is 0 Å². The van der Waals surface area contributed by atoms with Gasteiger partial charge in [-0.2, -0.15) is 0 Å². The summed E-state index contributed by atoms with van der Waals surface area (Å²) in [6.07, 6.45) is 47.5. The van der Waals surface area contributed by atoms with Crippen LogP contribution < -0.4 is 0 Å². The zero-order chi connectivity index (χ0) is 31.9. The van der Waals surface area contributed by atoms with Gasteiger partial charge in [0.1, 0.15) is 0 Å². The normalized spacial score (nSPS) is 36.7. The minimum absolute atomic E-state index is 0.580. The predicted molar refractivity (Wildman–Crippen MR) is 197 cm³/mol. The Labute approximate surface area is 288 Å². The summed E-state index contributed by atoms with van der Waals surface area (Å²) in [6.45, 7) is 6.65. The van der Waals surface area contributed by atoms with Gasteiger partial charge in [-0.15, -0.1) is 0 Å². The van der Waals surface area contributed by atoms with Gasteiger partial charge in [-0.1, -0.05) is 90.9 Å². The Balaban J connectivity index is 0.876. The third-order valence-corrected chi connectivity index (χ3v) is 14.7.